The van der Waals surface area contributed by atoms with Crippen LogP contribution < -0.4 is 0 Å². The van der Waals surface area contributed by atoms with Crippen molar-refractivity contribution < 1.29 is 4.39 Å². The quantitative estimate of drug-likeness (QED) is 0.628. The standard InChI is InChI=1S/C15H9Cl2FN2/c1-8-14(10-7-9(18)5-6-11(10)16)20-15-12(17)3-2-4-13(15)19-8/h2-7H,1H3. The Hall–Kier alpha value is -1.71. The summed E-state index contributed by atoms with van der Waals surface area (Å²) >= 11 is 12.3. The van der Waals surface area contributed by atoms with E-state index in [9.17, 15) is 4.39 Å². The third kappa shape index (κ3) is 2.23. The summed E-state index contributed by atoms with van der Waals surface area (Å²) in [6.45, 7) is 1.81. The van der Waals surface area contributed by atoms with Gasteiger partial charge in [0.25, 0.3) is 0 Å². The predicted octanol–water partition coefficient (Wildman–Crippen LogP) is 5.05. The molecule has 0 radical (unpaired) electrons. The SMILES string of the molecule is Cc1nc2cccc(Cl)c2nc1-c1cc(F)ccc1Cl. The summed E-state index contributed by atoms with van der Waals surface area (Å²) in [5, 5.41) is 0.930. The van der Waals surface area contributed by atoms with Gasteiger partial charge in [-0.25, -0.2) is 14.4 Å². The zero-order chi connectivity index (χ0) is 14.3. The average molecular weight is 307 g/mol. The van der Waals surface area contributed by atoms with E-state index in [-0.39, 0.29) is 5.82 Å². The van der Waals surface area contributed by atoms with Crippen LogP contribution in [0.5, 0.6) is 0 Å². The first-order valence-electron chi connectivity index (χ1n) is 5.94. The smallest absolute Gasteiger partial charge is 0.123 e. The molecule has 2 nitrogen and oxygen atoms in total. The minimum absolute atomic E-state index is 0.371. The highest BCUT2D eigenvalue weighted by molar-refractivity contribution is 6.35. The van der Waals surface area contributed by atoms with E-state index in [1.165, 1.54) is 18.2 Å². The number of para-hydroxylation sites is 1. The van der Waals surface area contributed by atoms with Gasteiger partial charge in [-0.05, 0) is 37.3 Å². The predicted molar refractivity (Wildman–Crippen MR) is 79.7 cm³/mol. The Kier molecular flexibility index (Phi) is 3.32. The molecule has 2 aromatic carbocycles. The first kappa shape index (κ1) is 13.3. The van der Waals surface area contributed by atoms with Gasteiger partial charge in [0.15, 0.2) is 0 Å². The van der Waals surface area contributed by atoms with Gasteiger partial charge >= 0.3 is 0 Å². The van der Waals surface area contributed by atoms with Crippen LogP contribution in [0.4, 0.5) is 4.39 Å². The largest absolute Gasteiger partial charge is 0.249 e. The van der Waals surface area contributed by atoms with Crippen molar-refractivity contribution in [3.63, 3.8) is 0 Å². The molecule has 0 atom stereocenters. The third-order valence-corrected chi connectivity index (χ3v) is 3.64. The maximum absolute atomic E-state index is 13.4. The maximum Gasteiger partial charge on any atom is 0.123 e. The topological polar surface area (TPSA) is 25.8 Å². The van der Waals surface area contributed by atoms with Crippen LogP contribution in [-0.2, 0) is 0 Å². The van der Waals surface area contributed by atoms with Crippen molar-refractivity contribution in [2.45, 2.75) is 6.92 Å². The molecule has 0 unspecified atom stereocenters. The van der Waals surface area contributed by atoms with Crippen LogP contribution in [-0.4, -0.2) is 9.97 Å². The van der Waals surface area contributed by atoms with Crippen molar-refractivity contribution >= 4 is 34.2 Å². The molecule has 0 aliphatic carbocycles. The molecule has 1 aromatic heterocycles. The number of aromatic nitrogens is 2. The number of fused-ring (bicyclic) bond motifs is 1. The summed E-state index contributed by atoms with van der Waals surface area (Å²) in [7, 11) is 0. The van der Waals surface area contributed by atoms with Gasteiger partial charge in [-0.15, -0.1) is 0 Å². The van der Waals surface area contributed by atoms with Crippen LogP contribution in [0.1, 0.15) is 5.69 Å². The molecule has 0 amide bonds. The lowest BCUT2D eigenvalue weighted by Crippen LogP contribution is -1.96. The van der Waals surface area contributed by atoms with Crippen molar-refractivity contribution in [3.8, 4) is 11.3 Å². The fraction of sp³-hybridized carbons (Fsp3) is 0.0667. The average Bonchev–Trinajstić information content (AvgIpc) is 2.41. The number of halogens is 3. The molecular weight excluding hydrogens is 298 g/mol. The molecule has 3 rings (SSSR count). The molecule has 5 heteroatoms. The zero-order valence-electron chi connectivity index (χ0n) is 10.5. The van der Waals surface area contributed by atoms with E-state index in [1.54, 1.807) is 6.07 Å². The summed E-state index contributed by atoms with van der Waals surface area (Å²) in [5.41, 5.74) is 3.00. The van der Waals surface area contributed by atoms with Crippen LogP contribution in [0.2, 0.25) is 10.0 Å². The summed E-state index contributed by atoms with van der Waals surface area (Å²) < 4.78 is 13.4. The number of hydrogen-bond acceptors (Lipinski definition) is 2. The molecule has 100 valence electrons. The second-order valence-corrected chi connectivity index (χ2v) is 5.20. The Bertz CT molecular complexity index is 818. The molecule has 0 spiro atoms. The Morgan fingerprint density at radius 1 is 1.00 bits per heavy atom. The van der Waals surface area contributed by atoms with Gasteiger partial charge in [-0.1, -0.05) is 29.3 Å². The lowest BCUT2D eigenvalue weighted by atomic mass is 10.1. The number of rotatable bonds is 1. The summed E-state index contributed by atoms with van der Waals surface area (Å²) in [5.74, 6) is -0.371. The lowest BCUT2D eigenvalue weighted by Gasteiger charge is -2.09. The number of aryl methyl sites for hydroxylation is 1. The van der Waals surface area contributed by atoms with Gasteiger partial charge in [0.2, 0.25) is 0 Å². The molecule has 0 N–H and O–H groups in total. The van der Waals surface area contributed by atoms with Crippen LogP contribution in [0.25, 0.3) is 22.3 Å². The van der Waals surface area contributed by atoms with E-state index in [0.717, 1.165) is 0 Å². The fourth-order valence-electron chi connectivity index (χ4n) is 2.07. The fourth-order valence-corrected chi connectivity index (χ4v) is 2.48. The second kappa shape index (κ2) is 5.00. The summed E-state index contributed by atoms with van der Waals surface area (Å²) in [6, 6.07) is 9.55. The Balaban J connectivity index is 2.33. The van der Waals surface area contributed by atoms with E-state index in [4.69, 9.17) is 23.2 Å². The third-order valence-electron chi connectivity index (χ3n) is 3.00. The zero-order valence-corrected chi connectivity index (χ0v) is 12.0. The van der Waals surface area contributed by atoms with Crippen molar-refractivity contribution in [1.82, 2.24) is 9.97 Å². The molecule has 0 fully saturated rings. The van der Waals surface area contributed by atoms with Crippen LogP contribution >= 0.6 is 23.2 Å². The first-order chi connectivity index (χ1) is 9.56. The van der Waals surface area contributed by atoms with Gasteiger partial charge in [-0.2, -0.15) is 0 Å². The van der Waals surface area contributed by atoms with E-state index in [0.29, 0.717) is 38.0 Å². The van der Waals surface area contributed by atoms with E-state index >= 15 is 0 Å². The van der Waals surface area contributed by atoms with Gasteiger partial charge in [0.1, 0.15) is 11.3 Å². The molecule has 0 aliphatic rings. The minimum Gasteiger partial charge on any atom is -0.249 e. The first-order valence-corrected chi connectivity index (χ1v) is 6.70. The van der Waals surface area contributed by atoms with Crippen LogP contribution in [0, 0.1) is 12.7 Å². The molecule has 1 heterocycles. The van der Waals surface area contributed by atoms with E-state index in [1.807, 2.05) is 19.1 Å². The van der Waals surface area contributed by atoms with Crippen molar-refractivity contribution in [3.05, 3.63) is 58.0 Å². The molecule has 0 aliphatic heterocycles. The van der Waals surface area contributed by atoms with Gasteiger partial charge in [0, 0.05) is 5.56 Å². The molecule has 0 bridgehead atoms. The number of nitrogens with zero attached hydrogens (tertiary/aromatic N) is 2. The van der Waals surface area contributed by atoms with E-state index < -0.39 is 0 Å². The minimum atomic E-state index is -0.371. The Morgan fingerprint density at radius 2 is 1.80 bits per heavy atom. The van der Waals surface area contributed by atoms with Crippen molar-refractivity contribution in [2.24, 2.45) is 0 Å². The number of benzene rings is 2. The lowest BCUT2D eigenvalue weighted by molar-refractivity contribution is 0.628. The summed E-state index contributed by atoms with van der Waals surface area (Å²) in [6.07, 6.45) is 0. The van der Waals surface area contributed by atoms with E-state index in [2.05, 4.69) is 9.97 Å². The number of hydrogen-bond donors (Lipinski definition) is 0. The normalized spacial score (nSPS) is 11.0. The molecular formula is C15H9Cl2FN2. The van der Waals surface area contributed by atoms with Gasteiger partial charge in [-0.3, -0.25) is 0 Å². The van der Waals surface area contributed by atoms with Crippen molar-refractivity contribution in [1.29, 1.82) is 0 Å². The Labute approximate surface area is 125 Å². The molecule has 0 saturated heterocycles. The Morgan fingerprint density at radius 3 is 2.60 bits per heavy atom. The highest BCUT2D eigenvalue weighted by Crippen LogP contribution is 2.31. The second-order valence-electron chi connectivity index (χ2n) is 4.39. The molecule has 0 saturated carbocycles. The van der Waals surface area contributed by atoms with Gasteiger partial charge < -0.3 is 0 Å². The van der Waals surface area contributed by atoms with Gasteiger partial charge in [0.05, 0.1) is 26.9 Å². The van der Waals surface area contributed by atoms with Crippen molar-refractivity contribution in [2.75, 3.05) is 0 Å². The molecule has 20 heavy (non-hydrogen) atoms. The summed E-state index contributed by atoms with van der Waals surface area (Å²) in [4.78, 5) is 8.96. The highest BCUT2D eigenvalue weighted by atomic mass is 35.5. The monoisotopic (exact) mass is 306 g/mol. The maximum atomic E-state index is 13.4. The molecule has 3 aromatic rings. The van der Waals surface area contributed by atoms with Crippen LogP contribution in [0.3, 0.4) is 0 Å². The highest BCUT2D eigenvalue weighted by Gasteiger charge is 2.13. The van der Waals surface area contributed by atoms with Crippen LogP contribution in [0.15, 0.2) is 36.4 Å².